The Labute approximate surface area is 138 Å². The van der Waals surface area contributed by atoms with E-state index in [1.807, 2.05) is 36.4 Å². The van der Waals surface area contributed by atoms with Crippen LogP contribution in [-0.4, -0.2) is 10.8 Å². The second-order valence-corrected chi connectivity index (χ2v) is 4.79. The number of nitro benzene ring substituents is 1. The van der Waals surface area contributed by atoms with Crippen LogP contribution in [0, 0.1) is 21.4 Å². The van der Waals surface area contributed by atoms with Crippen LogP contribution in [0.5, 0.6) is 0 Å². The number of benzene rings is 2. The van der Waals surface area contributed by atoms with Crippen molar-refractivity contribution in [3.8, 4) is 6.07 Å². The maximum absolute atomic E-state index is 12.0. The minimum absolute atomic E-state index is 0.0364. The minimum atomic E-state index is -0.504. The van der Waals surface area contributed by atoms with Crippen molar-refractivity contribution < 1.29 is 9.72 Å². The third-order valence-electron chi connectivity index (χ3n) is 3.12. The van der Waals surface area contributed by atoms with E-state index >= 15 is 0 Å². The van der Waals surface area contributed by atoms with Gasteiger partial charge in [0.05, 0.1) is 4.92 Å². The summed E-state index contributed by atoms with van der Waals surface area (Å²) in [5, 5.41) is 25.1. The molecular formula is C17H14N4O3. The van der Waals surface area contributed by atoms with E-state index in [0.29, 0.717) is 12.2 Å². The molecule has 0 aliphatic rings. The Balaban J connectivity index is 1.96. The zero-order valence-electron chi connectivity index (χ0n) is 12.6. The summed E-state index contributed by atoms with van der Waals surface area (Å²) >= 11 is 0. The van der Waals surface area contributed by atoms with E-state index in [4.69, 9.17) is 5.26 Å². The lowest BCUT2D eigenvalue weighted by molar-refractivity contribution is -0.384. The lowest BCUT2D eigenvalue weighted by Crippen LogP contribution is -2.24. The third-order valence-corrected chi connectivity index (χ3v) is 3.12. The number of carbonyl (C=O) groups excluding carboxylic acids is 1. The summed E-state index contributed by atoms with van der Waals surface area (Å²) in [5.74, 6) is -0.504. The van der Waals surface area contributed by atoms with Crippen LogP contribution in [0.15, 0.2) is 66.4 Å². The molecule has 0 unspecified atom stereocenters. The van der Waals surface area contributed by atoms with Crippen LogP contribution in [0.25, 0.3) is 0 Å². The van der Waals surface area contributed by atoms with Gasteiger partial charge in [-0.3, -0.25) is 14.9 Å². The molecule has 120 valence electrons. The quantitative estimate of drug-likeness (QED) is 0.368. The van der Waals surface area contributed by atoms with Gasteiger partial charge in [-0.2, -0.15) is 5.26 Å². The maximum atomic E-state index is 12.0. The Hall–Kier alpha value is -3.66. The van der Waals surface area contributed by atoms with Crippen LogP contribution in [0.1, 0.15) is 5.56 Å². The molecule has 7 heteroatoms. The Morgan fingerprint density at radius 3 is 2.42 bits per heavy atom. The first-order valence-electron chi connectivity index (χ1n) is 7.03. The molecule has 2 N–H and O–H groups in total. The molecule has 0 saturated heterocycles. The standard InChI is InChI=1S/C17H14N4O3/c18-10-14(17(22)20-11-13-4-2-1-3-5-13)12-19-15-6-8-16(9-7-15)21(23)24/h1-9,12,19H,11H2,(H,20,22)/b14-12-. The molecular weight excluding hydrogens is 308 g/mol. The largest absolute Gasteiger partial charge is 0.360 e. The number of nitro groups is 1. The Bertz CT molecular complexity index is 793. The average molecular weight is 322 g/mol. The van der Waals surface area contributed by atoms with Crippen molar-refractivity contribution in [3.63, 3.8) is 0 Å². The molecule has 0 heterocycles. The van der Waals surface area contributed by atoms with Crippen LogP contribution in [0.2, 0.25) is 0 Å². The minimum Gasteiger partial charge on any atom is -0.360 e. The summed E-state index contributed by atoms with van der Waals surface area (Å²) in [6.45, 7) is 0.316. The van der Waals surface area contributed by atoms with Gasteiger partial charge in [0, 0.05) is 30.6 Å². The highest BCUT2D eigenvalue weighted by atomic mass is 16.6. The second-order valence-electron chi connectivity index (χ2n) is 4.79. The summed E-state index contributed by atoms with van der Waals surface area (Å²) < 4.78 is 0. The van der Waals surface area contributed by atoms with Gasteiger partial charge in [0.15, 0.2) is 0 Å². The van der Waals surface area contributed by atoms with E-state index in [1.54, 1.807) is 0 Å². The molecule has 0 fully saturated rings. The molecule has 0 spiro atoms. The Morgan fingerprint density at radius 2 is 1.83 bits per heavy atom. The Kier molecular flexibility index (Phi) is 5.64. The molecule has 2 aromatic carbocycles. The number of hydrogen-bond donors (Lipinski definition) is 2. The van der Waals surface area contributed by atoms with Gasteiger partial charge in [-0.1, -0.05) is 30.3 Å². The Morgan fingerprint density at radius 1 is 1.17 bits per heavy atom. The first-order valence-corrected chi connectivity index (χ1v) is 7.03. The van der Waals surface area contributed by atoms with E-state index < -0.39 is 10.8 Å². The van der Waals surface area contributed by atoms with Crippen molar-refractivity contribution in [3.05, 3.63) is 82.0 Å². The van der Waals surface area contributed by atoms with Gasteiger partial charge in [-0.15, -0.1) is 0 Å². The van der Waals surface area contributed by atoms with E-state index in [1.165, 1.54) is 30.5 Å². The van der Waals surface area contributed by atoms with Crippen molar-refractivity contribution in [1.29, 1.82) is 5.26 Å². The summed E-state index contributed by atoms with van der Waals surface area (Å²) in [6.07, 6.45) is 1.27. The molecule has 2 rings (SSSR count). The predicted molar refractivity (Wildman–Crippen MR) is 88.7 cm³/mol. The highest BCUT2D eigenvalue weighted by molar-refractivity contribution is 5.97. The van der Waals surface area contributed by atoms with Gasteiger partial charge in [-0.05, 0) is 17.7 Å². The topological polar surface area (TPSA) is 108 Å². The first-order chi connectivity index (χ1) is 11.6. The van der Waals surface area contributed by atoms with Crippen LogP contribution in [-0.2, 0) is 11.3 Å². The van der Waals surface area contributed by atoms with Crippen LogP contribution in [0.3, 0.4) is 0 Å². The molecule has 2 aromatic rings. The number of carbonyl (C=O) groups is 1. The second kappa shape index (κ2) is 8.10. The molecule has 7 nitrogen and oxygen atoms in total. The van der Waals surface area contributed by atoms with Gasteiger partial charge in [0.2, 0.25) is 0 Å². The summed E-state index contributed by atoms with van der Waals surface area (Å²) in [6, 6.07) is 16.8. The normalized spacial score (nSPS) is 10.5. The fraction of sp³-hybridized carbons (Fsp3) is 0.0588. The van der Waals surface area contributed by atoms with Gasteiger partial charge < -0.3 is 10.6 Å². The van der Waals surface area contributed by atoms with E-state index in [0.717, 1.165) is 5.56 Å². The molecule has 0 aliphatic heterocycles. The zero-order chi connectivity index (χ0) is 17.4. The highest BCUT2D eigenvalue weighted by Crippen LogP contribution is 2.15. The van der Waals surface area contributed by atoms with Crippen molar-refractivity contribution >= 4 is 17.3 Å². The summed E-state index contributed by atoms with van der Waals surface area (Å²) in [7, 11) is 0. The lowest BCUT2D eigenvalue weighted by Gasteiger charge is -2.05. The van der Waals surface area contributed by atoms with Crippen molar-refractivity contribution in [2.45, 2.75) is 6.54 Å². The van der Waals surface area contributed by atoms with E-state index in [9.17, 15) is 14.9 Å². The molecule has 0 bridgehead atoms. The lowest BCUT2D eigenvalue weighted by atomic mass is 10.2. The zero-order valence-corrected chi connectivity index (χ0v) is 12.6. The summed E-state index contributed by atoms with van der Waals surface area (Å²) in [5.41, 5.74) is 1.32. The van der Waals surface area contributed by atoms with Gasteiger partial charge in [0.1, 0.15) is 11.6 Å². The number of nitriles is 1. The number of hydrogen-bond acceptors (Lipinski definition) is 5. The van der Waals surface area contributed by atoms with Crippen molar-refractivity contribution in [2.24, 2.45) is 0 Å². The number of rotatable bonds is 6. The van der Waals surface area contributed by atoms with E-state index in [2.05, 4.69) is 10.6 Å². The number of anilines is 1. The first kappa shape index (κ1) is 16.7. The fourth-order valence-electron chi connectivity index (χ4n) is 1.86. The fourth-order valence-corrected chi connectivity index (χ4v) is 1.86. The van der Waals surface area contributed by atoms with E-state index in [-0.39, 0.29) is 11.3 Å². The molecule has 0 radical (unpaired) electrons. The van der Waals surface area contributed by atoms with Crippen LogP contribution in [0.4, 0.5) is 11.4 Å². The maximum Gasteiger partial charge on any atom is 0.269 e. The predicted octanol–water partition coefficient (Wildman–Crippen LogP) is 2.73. The van der Waals surface area contributed by atoms with Crippen LogP contribution < -0.4 is 10.6 Å². The average Bonchev–Trinajstić information content (AvgIpc) is 2.61. The number of amides is 1. The van der Waals surface area contributed by atoms with Gasteiger partial charge in [0.25, 0.3) is 11.6 Å². The molecule has 0 atom stereocenters. The highest BCUT2D eigenvalue weighted by Gasteiger charge is 2.09. The van der Waals surface area contributed by atoms with Crippen LogP contribution >= 0.6 is 0 Å². The molecule has 0 aromatic heterocycles. The number of non-ortho nitro benzene ring substituents is 1. The third kappa shape index (κ3) is 4.68. The van der Waals surface area contributed by atoms with Crippen molar-refractivity contribution in [1.82, 2.24) is 5.32 Å². The molecule has 1 amide bonds. The number of nitrogens with one attached hydrogen (secondary N) is 2. The SMILES string of the molecule is N#C/C(=C/Nc1ccc([N+](=O)[O-])cc1)C(=O)NCc1ccccc1. The monoisotopic (exact) mass is 322 g/mol. The number of nitrogens with zero attached hydrogens (tertiary/aromatic N) is 2. The smallest absolute Gasteiger partial charge is 0.269 e. The van der Waals surface area contributed by atoms with Crippen molar-refractivity contribution in [2.75, 3.05) is 5.32 Å². The summed E-state index contributed by atoms with van der Waals surface area (Å²) in [4.78, 5) is 22.1. The molecule has 0 aliphatic carbocycles. The molecule has 24 heavy (non-hydrogen) atoms. The van der Waals surface area contributed by atoms with Gasteiger partial charge >= 0.3 is 0 Å². The molecule has 0 saturated carbocycles. The van der Waals surface area contributed by atoms with Gasteiger partial charge in [-0.25, -0.2) is 0 Å².